The number of aromatic nitrogens is 6. The molecule has 0 spiro atoms. The molecule has 0 saturated heterocycles. The van der Waals surface area contributed by atoms with Crippen molar-refractivity contribution in [3.05, 3.63) is 362 Å². The van der Waals surface area contributed by atoms with Gasteiger partial charge in [0, 0.05) is 43.6 Å². The van der Waals surface area contributed by atoms with Crippen LogP contribution in [0.4, 0.5) is 0 Å². The molecular weight excluding hydrogens is 1100 g/mol. The van der Waals surface area contributed by atoms with Gasteiger partial charge in [-0.25, -0.2) is 0 Å². The monoisotopic (exact) mass is 1150 g/mol. The van der Waals surface area contributed by atoms with Crippen molar-refractivity contribution in [1.82, 2.24) is 28.7 Å². The molecule has 0 radical (unpaired) electrons. The Kier molecular flexibility index (Phi) is 12.3. The van der Waals surface area contributed by atoms with Gasteiger partial charge in [-0.05, 0) is 85.5 Å². The Morgan fingerprint density at radius 2 is 0.674 bits per heavy atom. The number of fused-ring (bicyclic) bond motifs is 10. The maximum atomic E-state index is 5.91. The summed E-state index contributed by atoms with van der Waals surface area (Å²) in [6.45, 7) is 0. The third kappa shape index (κ3) is 8.06. The van der Waals surface area contributed by atoms with E-state index in [1.807, 2.05) is 0 Å². The van der Waals surface area contributed by atoms with Gasteiger partial charge < -0.3 is 4.57 Å². The van der Waals surface area contributed by atoms with Crippen LogP contribution in [-0.2, 0) is 5.41 Å². The average molecular weight is 1150 g/mol. The summed E-state index contributed by atoms with van der Waals surface area (Å²) in [7, 11) is -3.02. The van der Waals surface area contributed by atoms with Crippen LogP contribution in [0.5, 0.6) is 0 Å². The fraction of sp³-hybridized carbons (Fsp3) is 0.0122. The second-order valence-electron chi connectivity index (χ2n) is 23.0. The summed E-state index contributed by atoms with van der Waals surface area (Å²) < 4.78 is 7.01. The third-order valence-corrected chi connectivity index (χ3v) is 23.2. The zero-order valence-corrected chi connectivity index (χ0v) is 49.5. The number of hydrogen-bond acceptors (Lipinski definition) is 3. The van der Waals surface area contributed by atoms with E-state index in [9.17, 15) is 0 Å². The Labute approximate surface area is 516 Å². The topological polar surface area (TPSA) is 53.5 Å². The molecule has 0 aliphatic rings. The predicted molar refractivity (Wildman–Crippen MR) is 370 cm³/mol. The van der Waals surface area contributed by atoms with Crippen molar-refractivity contribution < 1.29 is 0 Å². The normalized spacial score (nSPS) is 12.0. The van der Waals surface area contributed by atoms with E-state index in [4.69, 9.17) is 15.0 Å². The van der Waals surface area contributed by atoms with Crippen LogP contribution in [0.15, 0.2) is 340 Å². The Hall–Kier alpha value is -11.5. The lowest BCUT2D eigenvalue weighted by Gasteiger charge is -2.37. The Morgan fingerprint density at radius 3 is 1.20 bits per heavy atom. The highest BCUT2D eigenvalue weighted by Crippen LogP contribution is 2.48. The van der Waals surface area contributed by atoms with Gasteiger partial charge in [0.25, 0.3) is 0 Å². The molecule has 0 aliphatic heterocycles. The lowest BCUT2D eigenvalue weighted by Crippen LogP contribution is -2.74. The van der Waals surface area contributed by atoms with Crippen molar-refractivity contribution in [1.29, 1.82) is 0 Å². The van der Waals surface area contributed by atoms with Gasteiger partial charge in [-0.2, -0.15) is 15.0 Å². The lowest BCUT2D eigenvalue weighted by atomic mass is 9.65. The van der Waals surface area contributed by atoms with Gasteiger partial charge in [-0.15, -0.1) is 0 Å². The number of benzene rings is 13. The number of hydrogen-bond donors (Lipinski definition) is 0. The molecule has 0 fully saturated rings. The molecule has 89 heavy (non-hydrogen) atoms. The summed E-state index contributed by atoms with van der Waals surface area (Å²) in [6.07, 6.45) is 0. The van der Waals surface area contributed by atoms with Crippen LogP contribution in [0.2, 0.25) is 0 Å². The van der Waals surface area contributed by atoms with Crippen molar-refractivity contribution in [3.63, 3.8) is 0 Å². The zero-order valence-electron chi connectivity index (χ0n) is 48.5. The van der Waals surface area contributed by atoms with E-state index in [-0.39, 0.29) is 0 Å². The first-order valence-electron chi connectivity index (χ1n) is 30.4. The van der Waals surface area contributed by atoms with E-state index >= 15 is 0 Å². The number of rotatable bonds is 12. The van der Waals surface area contributed by atoms with E-state index in [1.54, 1.807) is 0 Å². The van der Waals surface area contributed by atoms with Crippen molar-refractivity contribution in [3.8, 4) is 29.0 Å². The molecule has 6 nitrogen and oxygen atoms in total. The summed E-state index contributed by atoms with van der Waals surface area (Å²) in [6, 6.07) is 124. The van der Waals surface area contributed by atoms with Crippen LogP contribution in [0.1, 0.15) is 22.3 Å². The van der Waals surface area contributed by atoms with Gasteiger partial charge in [-0.3, -0.25) is 9.13 Å². The summed E-state index contributed by atoms with van der Waals surface area (Å²) in [4.78, 5) is 17.5. The molecule has 0 bridgehead atoms. The molecule has 0 atom stereocenters. The van der Waals surface area contributed by atoms with E-state index in [0.717, 1.165) is 98.9 Å². The molecule has 13 aromatic carbocycles. The standard InChI is InChI=1S/C82H56N6Si/c1-8-30-58(31-9-1)82(59-32-10-2-11-33-59,60-34-12-3-13-35-60)61-51-52-69-70-53-54-75-77(71-47-24-27-50-74(71)86(75)62-36-14-4-15-37-62)78(70)88(76(69)56-61)81-84-79(83-80(85-81)87-72-48-25-22-45-67(72)68-46-23-26-49-73(68)87)57-29-28-44-66(55-57)89(63-38-16-5-17-39-63,64-40-18-6-19-41-64)65-42-20-7-21-43-65/h1-56H. The summed E-state index contributed by atoms with van der Waals surface area (Å²) in [5, 5.41) is 11.7. The van der Waals surface area contributed by atoms with Gasteiger partial charge in [0.15, 0.2) is 13.9 Å². The zero-order chi connectivity index (χ0) is 58.9. The average Bonchev–Trinajstić information content (AvgIpc) is 1.49. The molecule has 17 aromatic rings. The maximum Gasteiger partial charge on any atom is 0.240 e. The second-order valence-corrected chi connectivity index (χ2v) is 26.8. The minimum Gasteiger partial charge on any atom is -0.309 e. The van der Waals surface area contributed by atoms with Crippen LogP contribution in [0.25, 0.3) is 94.4 Å². The molecule has 0 amide bonds. The highest BCUT2D eigenvalue weighted by molar-refractivity contribution is 7.19. The summed E-state index contributed by atoms with van der Waals surface area (Å²) in [5.74, 6) is 1.58. The maximum absolute atomic E-state index is 5.91. The molecular formula is C82H56N6Si. The Morgan fingerprint density at radius 1 is 0.258 bits per heavy atom. The molecule has 0 N–H and O–H groups in total. The smallest absolute Gasteiger partial charge is 0.240 e. The van der Waals surface area contributed by atoms with Gasteiger partial charge in [0.05, 0.1) is 38.5 Å². The van der Waals surface area contributed by atoms with Crippen molar-refractivity contribution in [2.45, 2.75) is 5.41 Å². The first-order chi connectivity index (χ1) is 44.2. The molecule has 7 heteroatoms. The quantitative estimate of drug-likeness (QED) is 0.0905. The fourth-order valence-electron chi connectivity index (χ4n) is 14.7. The highest BCUT2D eigenvalue weighted by atomic mass is 28.3. The van der Waals surface area contributed by atoms with E-state index in [2.05, 4.69) is 353 Å². The lowest BCUT2D eigenvalue weighted by molar-refractivity contribution is 0.746. The van der Waals surface area contributed by atoms with Crippen LogP contribution >= 0.6 is 0 Å². The predicted octanol–water partition coefficient (Wildman–Crippen LogP) is 16.6. The molecule has 418 valence electrons. The number of para-hydroxylation sites is 4. The first kappa shape index (κ1) is 51.9. The fourth-order valence-corrected chi connectivity index (χ4v) is 19.5. The third-order valence-electron chi connectivity index (χ3n) is 18.4. The Balaban J connectivity index is 1.03. The van der Waals surface area contributed by atoms with Crippen LogP contribution in [0, 0.1) is 0 Å². The minimum absolute atomic E-state index is 0.501. The van der Waals surface area contributed by atoms with E-state index in [1.165, 1.54) is 20.7 Å². The molecule has 0 saturated carbocycles. The summed E-state index contributed by atoms with van der Waals surface area (Å²) in [5.41, 5.74) is 12.0. The van der Waals surface area contributed by atoms with Gasteiger partial charge in [-0.1, -0.05) is 297 Å². The van der Waals surface area contributed by atoms with E-state index < -0.39 is 13.5 Å². The highest BCUT2D eigenvalue weighted by Gasteiger charge is 2.42. The van der Waals surface area contributed by atoms with Crippen LogP contribution in [-0.4, -0.2) is 36.7 Å². The SMILES string of the molecule is c1ccc(-n2c3ccccc3c3c2ccc2c4ccc(C(c5ccccc5)(c5ccccc5)c5ccccc5)cc4n(-c4nc(-c5cccc([Si](c6ccccc6)(c6ccccc6)c6ccccc6)c5)nc(-n5c6ccccc6c6ccccc65)n4)c23)cc1. The molecule has 17 rings (SSSR count). The number of nitrogens with zero attached hydrogens (tertiary/aromatic N) is 6. The molecule has 4 aromatic heterocycles. The van der Waals surface area contributed by atoms with E-state index in [0.29, 0.717) is 17.7 Å². The molecule has 0 unspecified atom stereocenters. The largest absolute Gasteiger partial charge is 0.309 e. The van der Waals surface area contributed by atoms with Gasteiger partial charge in [0.2, 0.25) is 11.9 Å². The van der Waals surface area contributed by atoms with Crippen molar-refractivity contribution in [2.75, 3.05) is 0 Å². The second kappa shape index (κ2) is 21.2. The van der Waals surface area contributed by atoms with Crippen molar-refractivity contribution >= 4 is 94.2 Å². The summed E-state index contributed by atoms with van der Waals surface area (Å²) >= 11 is 0. The minimum atomic E-state index is -3.02. The molecule has 4 heterocycles. The van der Waals surface area contributed by atoms with Gasteiger partial charge >= 0.3 is 0 Å². The van der Waals surface area contributed by atoms with Crippen LogP contribution in [0.3, 0.4) is 0 Å². The first-order valence-corrected chi connectivity index (χ1v) is 32.4. The van der Waals surface area contributed by atoms with Gasteiger partial charge in [0.1, 0.15) is 0 Å². The Bertz CT molecular complexity index is 5230. The van der Waals surface area contributed by atoms with Crippen LogP contribution < -0.4 is 20.7 Å². The van der Waals surface area contributed by atoms with Crippen molar-refractivity contribution in [2.24, 2.45) is 0 Å². The molecule has 0 aliphatic carbocycles.